The van der Waals surface area contributed by atoms with Crippen molar-refractivity contribution in [1.82, 2.24) is 15.1 Å². The van der Waals surface area contributed by atoms with Crippen molar-refractivity contribution in [3.63, 3.8) is 0 Å². The normalized spacial score (nSPS) is 20.8. The van der Waals surface area contributed by atoms with Crippen LogP contribution in [0.3, 0.4) is 0 Å². The minimum absolute atomic E-state index is 0. The number of halogens is 9. The van der Waals surface area contributed by atoms with Crippen LogP contribution in [0.25, 0.3) is 0 Å². The number of nitrogens with zero attached hydrogens (tertiary/aromatic N) is 2. The molecule has 2 aromatic carbocycles. The summed E-state index contributed by atoms with van der Waals surface area (Å²) in [5.74, 6) is -1.64. The number of likely N-dealkylation sites (N-methyl/N-ethyl adjacent to an activating group) is 1. The van der Waals surface area contributed by atoms with Crippen LogP contribution in [0.15, 0.2) is 36.4 Å². The number of nitrogens with one attached hydrogen (secondary N) is 1. The maximum atomic E-state index is 13.9. The minimum Gasteiger partial charge on any atom is -0.338 e. The van der Waals surface area contributed by atoms with E-state index in [9.17, 15) is 35.5 Å². The van der Waals surface area contributed by atoms with Gasteiger partial charge in [-0.3, -0.25) is 9.69 Å². The van der Waals surface area contributed by atoms with E-state index in [1.807, 2.05) is 0 Å². The Balaban J connectivity index is 0.00000280. The van der Waals surface area contributed by atoms with Crippen LogP contribution < -0.4 is 5.32 Å². The number of aryl methyl sites for hydroxylation is 1. The first-order chi connectivity index (χ1) is 17.8. The van der Waals surface area contributed by atoms with E-state index in [1.165, 1.54) is 24.1 Å². The highest BCUT2D eigenvalue weighted by Gasteiger charge is 2.41. The number of hydrogen-bond donors (Lipinski definition) is 1. The van der Waals surface area contributed by atoms with Gasteiger partial charge in [0.2, 0.25) is 0 Å². The fraction of sp³-hybridized carbons (Fsp3) is 0.519. The van der Waals surface area contributed by atoms with E-state index in [0.29, 0.717) is 43.2 Å². The number of amides is 1. The predicted molar refractivity (Wildman–Crippen MR) is 143 cm³/mol. The van der Waals surface area contributed by atoms with Gasteiger partial charge in [-0.15, -0.1) is 24.8 Å². The molecule has 0 radical (unpaired) electrons. The number of likely N-dealkylation sites (tertiary alicyclic amines) is 1. The number of benzene rings is 2. The van der Waals surface area contributed by atoms with Crippen LogP contribution in [-0.2, 0) is 12.4 Å². The lowest BCUT2D eigenvalue weighted by Crippen LogP contribution is -2.54. The van der Waals surface area contributed by atoms with Crippen LogP contribution in [0.5, 0.6) is 0 Å². The molecule has 13 heteroatoms. The summed E-state index contributed by atoms with van der Waals surface area (Å²) in [5.41, 5.74) is -2.27. The van der Waals surface area contributed by atoms with Gasteiger partial charge in [0.1, 0.15) is 5.82 Å². The summed E-state index contributed by atoms with van der Waals surface area (Å²) in [7, 11) is 1.41. The molecule has 4 rings (SSSR count). The smallest absolute Gasteiger partial charge is 0.338 e. The zero-order valence-electron chi connectivity index (χ0n) is 21.9. The predicted octanol–water partition coefficient (Wildman–Crippen LogP) is 6.70. The Morgan fingerprint density at radius 2 is 1.50 bits per heavy atom. The number of carbonyl (C=O) groups is 1. The molecule has 2 fully saturated rings. The molecule has 40 heavy (non-hydrogen) atoms. The van der Waals surface area contributed by atoms with Gasteiger partial charge in [-0.25, -0.2) is 4.39 Å². The molecule has 2 atom stereocenters. The first kappa shape index (κ1) is 34.1. The summed E-state index contributed by atoms with van der Waals surface area (Å²) < 4.78 is 94.3. The highest BCUT2D eigenvalue weighted by atomic mass is 35.5. The standard InChI is InChI=1S/C27H30F7N3O.2ClH/c1-16-11-20(28)3-4-22(16)23-15-37(21-5-8-35-9-6-21)10-7-24(23)36(2)25(38)17-12-18(26(29,30)31)14-19(13-17)27(32,33)34;;/h3-4,11-14,21,23-24,35H,5-10,15H2,1-2H3;2*1H/t23-,24+;;/m0../s1. The molecule has 2 heterocycles. The molecule has 4 nitrogen and oxygen atoms in total. The van der Waals surface area contributed by atoms with Crippen LogP contribution in [0.1, 0.15) is 57.8 Å². The molecule has 2 aliphatic rings. The van der Waals surface area contributed by atoms with Gasteiger partial charge in [-0.1, -0.05) is 6.07 Å². The molecular weight excluding hydrogens is 586 g/mol. The molecule has 2 aliphatic heterocycles. The monoisotopic (exact) mass is 617 g/mol. The quantitative estimate of drug-likeness (QED) is 0.388. The largest absolute Gasteiger partial charge is 0.416 e. The van der Waals surface area contributed by atoms with Crippen LogP contribution in [0.4, 0.5) is 30.7 Å². The Labute approximate surface area is 241 Å². The maximum absolute atomic E-state index is 13.9. The lowest BCUT2D eigenvalue weighted by atomic mass is 9.81. The van der Waals surface area contributed by atoms with Crippen molar-refractivity contribution in [2.75, 3.05) is 33.2 Å². The second-order valence-corrected chi connectivity index (χ2v) is 10.2. The van der Waals surface area contributed by atoms with E-state index < -0.39 is 46.8 Å². The van der Waals surface area contributed by atoms with Crippen molar-refractivity contribution >= 4 is 30.7 Å². The summed E-state index contributed by atoms with van der Waals surface area (Å²) in [6, 6.07) is 5.13. The second kappa shape index (κ2) is 13.3. The first-order valence-corrected chi connectivity index (χ1v) is 12.5. The number of alkyl halides is 6. The van der Waals surface area contributed by atoms with E-state index in [4.69, 9.17) is 0 Å². The second-order valence-electron chi connectivity index (χ2n) is 10.2. The van der Waals surface area contributed by atoms with Gasteiger partial charge < -0.3 is 10.2 Å². The molecule has 2 aromatic rings. The molecule has 0 aromatic heterocycles. The third-order valence-corrected chi connectivity index (χ3v) is 7.72. The Kier molecular flexibility index (Phi) is 11.3. The minimum atomic E-state index is -5.05. The highest BCUT2D eigenvalue weighted by Crippen LogP contribution is 2.38. The summed E-state index contributed by atoms with van der Waals surface area (Å²) in [5, 5.41) is 3.32. The molecule has 0 unspecified atom stereocenters. The van der Waals surface area contributed by atoms with Crippen molar-refractivity contribution in [1.29, 1.82) is 0 Å². The Morgan fingerprint density at radius 1 is 0.925 bits per heavy atom. The molecule has 1 N–H and O–H groups in total. The summed E-state index contributed by atoms with van der Waals surface area (Å²) in [6.07, 6.45) is -7.75. The third-order valence-electron chi connectivity index (χ3n) is 7.72. The fourth-order valence-corrected chi connectivity index (χ4v) is 5.73. The molecule has 0 bridgehead atoms. The van der Waals surface area contributed by atoms with Gasteiger partial charge >= 0.3 is 12.4 Å². The lowest BCUT2D eigenvalue weighted by Gasteiger charge is -2.46. The molecule has 0 spiro atoms. The molecule has 2 saturated heterocycles. The molecule has 0 saturated carbocycles. The summed E-state index contributed by atoms with van der Waals surface area (Å²) in [6.45, 7) is 4.67. The van der Waals surface area contributed by atoms with Crippen LogP contribution >= 0.6 is 24.8 Å². The first-order valence-electron chi connectivity index (χ1n) is 12.5. The molecule has 224 valence electrons. The number of piperidine rings is 2. The third kappa shape index (κ3) is 7.60. The summed E-state index contributed by atoms with van der Waals surface area (Å²) >= 11 is 0. The lowest BCUT2D eigenvalue weighted by molar-refractivity contribution is -0.143. The molecule has 0 aliphatic carbocycles. The zero-order chi connectivity index (χ0) is 27.8. The SMILES string of the molecule is Cc1cc(F)ccc1[C@@H]1CN(C2CCNCC2)CC[C@H]1N(C)C(=O)c1cc(C(F)(F)F)cc(C(F)(F)F)c1.Cl.Cl. The molecular formula is C27H32Cl2F7N3O. The topological polar surface area (TPSA) is 35.6 Å². The van der Waals surface area contributed by atoms with Crippen molar-refractivity contribution in [3.05, 3.63) is 70.0 Å². The zero-order valence-corrected chi connectivity index (χ0v) is 23.5. The average Bonchev–Trinajstić information content (AvgIpc) is 2.87. The van der Waals surface area contributed by atoms with Gasteiger partial charge in [0, 0.05) is 43.7 Å². The average molecular weight is 618 g/mol. The summed E-state index contributed by atoms with van der Waals surface area (Å²) in [4.78, 5) is 17.0. The van der Waals surface area contributed by atoms with Crippen LogP contribution in [0, 0.1) is 12.7 Å². The van der Waals surface area contributed by atoms with E-state index in [-0.39, 0.29) is 36.8 Å². The van der Waals surface area contributed by atoms with Crippen LogP contribution in [-0.4, -0.2) is 61.0 Å². The van der Waals surface area contributed by atoms with Crippen molar-refractivity contribution in [3.8, 4) is 0 Å². The van der Waals surface area contributed by atoms with Gasteiger partial charge in [0.25, 0.3) is 5.91 Å². The Morgan fingerprint density at radius 3 is 2.02 bits per heavy atom. The van der Waals surface area contributed by atoms with E-state index >= 15 is 0 Å². The van der Waals surface area contributed by atoms with Crippen molar-refractivity contribution < 1.29 is 35.5 Å². The maximum Gasteiger partial charge on any atom is 0.416 e. The highest BCUT2D eigenvalue weighted by molar-refractivity contribution is 5.95. The van der Waals surface area contributed by atoms with Crippen molar-refractivity contribution in [2.24, 2.45) is 0 Å². The number of hydrogen-bond acceptors (Lipinski definition) is 3. The Hall–Kier alpha value is -2.08. The fourth-order valence-electron chi connectivity index (χ4n) is 5.73. The van der Waals surface area contributed by atoms with Gasteiger partial charge in [0.15, 0.2) is 0 Å². The Bertz CT molecular complexity index is 1140. The van der Waals surface area contributed by atoms with Crippen molar-refractivity contribution in [2.45, 2.75) is 56.5 Å². The van der Waals surface area contributed by atoms with E-state index in [1.54, 1.807) is 13.0 Å². The van der Waals surface area contributed by atoms with Gasteiger partial charge in [-0.05, 0) is 80.7 Å². The van der Waals surface area contributed by atoms with Gasteiger partial charge in [-0.2, -0.15) is 26.3 Å². The number of carbonyl (C=O) groups excluding carboxylic acids is 1. The molecule has 1 amide bonds. The van der Waals surface area contributed by atoms with E-state index in [0.717, 1.165) is 31.5 Å². The van der Waals surface area contributed by atoms with E-state index in [2.05, 4.69) is 10.2 Å². The number of rotatable bonds is 4. The van der Waals surface area contributed by atoms with Gasteiger partial charge in [0.05, 0.1) is 11.1 Å². The van der Waals surface area contributed by atoms with Crippen LogP contribution in [0.2, 0.25) is 0 Å².